The lowest BCUT2D eigenvalue weighted by atomic mass is 10.1. The SMILES string of the molecule is Cc1cccc(NC(=O)/C(OCC2(C)CC2)=C(\C=N)N2CCN(S(=O)(=O)CC3=CCCC(NCC(C)O)=C3)CC2)c1. The van der Waals surface area contributed by atoms with Crippen molar-refractivity contribution in [3.8, 4) is 0 Å². The van der Waals surface area contributed by atoms with Crippen molar-refractivity contribution in [1.29, 1.82) is 5.41 Å². The lowest BCUT2D eigenvalue weighted by Gasteiger charge is -2.36. The molecule has 1 amide bonds. The number of ether oxygens (including phenoxy) is 1. The Balaban J connectivity index is 1.44. The van der Waals surface area contributed by atoms with Gasteiger partial charge >= 0.3 is 0 Å². The van der Waals surface area contributed by atoms with Crippen LogP contribution in [0.4, 0.5) is 5.69 Å². The van der Waals surface area contributed by atoms with E-state index in [1.54, 1.807) is 6.92 Å². The molecule has 0 radical (unpaired) electrons. The third kappa shape index (κ3) is 8.67. The topological polar surface area (TPSA) is 135 Å². The number of allylic oxidation sites excluding steroid dienone is 4. The largest absolute Gasteiger partial charge is 0.486 e. The lowest BCUT2D eigenvalue weighted by molar-refractivity contribution is -0.116. The van der Waals surface area contributed by atoms with E-state index in [-0.39, 0.29) is 30.0 Å². The van der Waals surface area contributed by atoms with E-state index in [1.165, 1.54) is 4.31 Å². The molecule has 0 aromatic heterocycles. The first kappa shape index (κ1) is 30.8. The molecule has 1 unspecified atom stereocenters. The number of hydrogen-bond acceptors (Lipinski definition) is 8. The molecule has 1 heterocycles. The maximum absolute atomic E-state index is 13.4. The molecule has 41 heavy (non-hydrogen) atoms. The van der Waals surface area contributed by atoms with Crippen molar-refractivity contribution in [2.45, 2.75) is 52.6 Å². The number of sulfonamides is 1. The standard InChI is InChI=1S/C30H43N5O5S/c1-22-6-4-9-26(16-22)33-29(37)28(40-21-30(3)10-11-30)27(18-31)34-12-14-35(15-13-34)41(38,39)20-24-7-5-8-25(17-24)32-19-23(2)36/h4,6-7,9,16-18,23,31-32,36H,5,8,10-15,19-21H2,1-3H3,(H,33,37)/b28-27-,31-18?. The number of nitrogens with one attached hydrogen (secondary N) is 3. The lowest BCUT2D eigenvalue weighted by Crippen LogP contribution is -2.49. The molecule has 1 saturated carbocycles. The average molecular weight is 586 g/mol. The van der Waals surface area contributed by atoms with Gasteiger partial charge in [-0.05, 0) is 68.9 Å². The van der Waals surface area contributed by atoms with Crippen molar-refractivity contribution >= 4 is 27.8 Å². The van der Waals surface area contributed by atoms with Gasteiger partial charge in [0.15, 0.2) is 0 Å². The zero-order valence-corrected chi connectivity index (χ0v) is 25.1. The monoisotopic (exact) mass is 585 g/mol. The first-order chi connectivity index (χ1) is 19.5. The van der Waals surface area contributed by atoms with E-state index in [2.05, 4.69) is 17.6 Å². The molecule has 10 nitrogen and oxygen atoms in total. The van der Waals surface area contributed by atoms with E-state index in [0.717, 1.165) is 48.7 Å². The van der Waals surface area contributed by atoms with Gasteiger partial charge in [-0.1, -0.05) is 25.1 Å². The van der Waals surface area contributed by atoms with E-state index in [0.29, 0.717) is 37.6 Å². The van der Waals surface area contributed by atoms with Crippen molar-refractivity contribution < 1.29 is 23.1 Å². The third-order valence-electron chi connectivity index (χ3n) is 7.65. The summed E-state index contributed by atoms with van der Waals surface area (Å²) in [7, 11) is -3.56. The fourth-order valence-electron chi connectivity index (χ4n) is 4.87. The van der Waals surface area contributed by atoms with Crippen molar-refractivity contribution in [2.75, 3.05) is 50.4 Å². The molecule has 0 spiro atoms. The second-order valence-electron chi connectivity index (χ2n) is 11.6. The van der Waals surface area contributed by atoms with Gasteiger partial charge in [0.05, 0.1) is 18.5 Å². The summed E-state index contributed by atoms with van der Waals surface area (Å²) in [6.45, 7) is 7.72. The molecule has 1 saturated heterocycles. The molecule has 1 atom stereocenters. The van der Waals surface area contributed by atoms with Gasteiger partial charge in [-0.3, -0.25) is 4.79 Å². The van der Waals surface area contributed by atoms with Gasteiger partial charge < -0.3 is 30.8 Å². The molecule has 0 bridgehead atoms. The number of hydrogen-bond donors (Lipinski definition) is 4. The molecule has 1 aliphatic heterocycles. The number of nitrogens with zero attached hydrogens (tertiary/aromatic N) is 2. The van der Waals surface area contributed by atoms with Crippen molar-refractivity contribution in [3.63, 3.8) is 0 Å². The van der Waals surface area contributed by atoms with Gasteiger partial charge in [0.1, 0.15) is 5.70 Å². The summed E-state index contributed by atoms with van der Waals surface area (Å²) in [4.78, 5) is 15.3. The first-order valence-electron chi connectivity index (χ1n) is 14.3. The minimum atomic E-state index is -3.56. The second kappa shape index (κ2) is 13.2. The Morgan fingerprint density at radius 1 is 1.24 bits per heavy atom. The van der Waals surface area contributed by atoms with Gasteiger partial charge in [0, 0.05) is 55.7 Å². The van der Waals surface area contributed by atoms with Crippen LogP contribution in [0.1, 0.15) is 45.1 Å². The second-order valence-corrected chi connectivity index (χ2v) is 13.6. The summed E-state index contributed by atoms with van der Waals surface area (Å²) in [6.07, 6.45) is 8.05. The fraction of sp³-hybridized carbons (Fsp3) is 0.533. The van der Waals surface area contributed by atoms with Gasteiger partial charge in [-0.15, -0.1) is 0 Å². The zero-order chi connectivity index (χ0) is 29.6. The van der Waals surface area contributed by atoms with Crippen LogP contribution >= 0.6 is 0 Å². The summed E-state index contributed by atoms with van der Waals surface area (Å²) in [5.41, 5.74) is 3.70. The predicted octanol–water partition coefficient (Wildman–Crippen LogP) is 3.13. The summed E-state index contributed by atoms with van der Waals surface area (Å²) in [5, 5.41) is 23.8. The highest BCUT2D eigenvalue weighted by Gasteiger charge is 2.39. The molecule has 11 heteroatoms. The highest BCUT2D eigenvalue weighted by atomic mass is 32.2. The molecule has 4 N–H and O–H groups in total. The number of aliphatic hydroxyl groups is 1. The highest BCUT2D eigenvalue weighted by Crippen LogP contribution is 2.45. The Morgan fingerprint density at radius 2 is 1.98 bits per heavy atom. The molecule has 2 fully saturated rings. The number of carbonyl (C=O) groups is 1. The summed E-state index contributed by atoms with van der Waals surface area (Å²) >= 11 is 0. The van der Waals surface area contributed by atoms with Crippen LogP contribution in [-0.4, -0.2) is 86.0 Å². The smallest absolute Gasteiger partial charge is 0.293 e. The van der Waals surface area contributed by atoms with Crippen LogP contribution in [-0.2, 0) is 19.6 Å². The Labute approximate surface area is 243 Å². The molecule has 224 valence electrons. The first-order valence-corrected chi connectivity index (χ1v) is 15.9. The van der Waals surface area contributed by atoms with Gasteiger partial charge in [-0.2, -0.15) is 4.31 Å². The third-order valence-corrected chi connectivity index (χ3v) is 9.50. The van der Waals surface area contributed by atoms with Crippen LogP contribution < -0.4 is 10.6 Å². The quantitative estimate of drug-likeness (QED) is 0.159. The van der Waals surface area contributed by atoms with Crippen LogP contribution in [0.15, 0.2) is 59.1 Å². The van der Waals surface area contributed by atoms with Crippen molar-refractivity contribution in [1.82, 2.24) is 14.5 Å². The normalized spacial score (nSPS) is 20.2. The van der Waals surface area contributed by atoms with Crippen LogP contribution in [0.2, 0.25) is 0 Å². The van der Waals surface area contributed by atoms with E-state index in [4.69, 9.17) is 10.1 Å². The minimum absolute atomic E-state index is 0.0305. The van der Waals surface area contributed by atoms with E-state index in [1.807, 2.05) is 48.2 Å². The number of rotatable bonds is 13. The number of piperazine rings is 1. The van der Waals surface area contributed by atoms with Gasteiger partial charge in [0.2, 0.25) is 15.8 Å². The summed E-state index contributed by atoms with van der Waals surface area (Å²) < 4.78 is 34.2. The maximum Gasteiger partial charge on any atom is 0.293 e. The van der Waals surface area contributed by atoms with Crippen LogP contribution in [0.25, 0.3) is 0 Å². The van der Waals surface area contributed by atoms with Crippen LogP contribution in [0.5, 0.6) is 0 Å². The number of aliphatic hydroxyl groups excluding tert-OH is 1. The molecule has 3 aliphatic rings. The average Bonchev–Trinajstić information content (AvgIpc) is 3.67. The number of amides is 1. The molecule has 1 aromatic rings. The van der Waals surface area contributed by atoms with Crippen molar-refractivity contribution in [2.24, 2.45) is 5.41 Å². The van der Waals surface area contributed by atoms with E-state index < -0.39 is 22.0 Å². The maximum atomic E-state index is 13.4. The van der Waals surface area contributed by atoms with Gasteiger partial charge in [0.25, 0.3) is 5.91 Å². The summed E-state index contributed by atoms with van der Waals surface area (Å²) in [5.74, 6) is -0.434. The summed E-state index contributed by atoms with van der Waals surface area (Å²) in [6, 6.07) is 7.49. The zero-order valence-electron chi connectivity index (χ0n) is 24.3. The molecule has 1 aromatic carbocycles. The Bertz CT molecular complexity index is 1320. The highest BCUT2D eigenvalue weighted by molar-refractivity contribution is 7.89. The number of carbonyl (C=O) groups excluding carboxylic acids is 1. The predicted molar refractivity (Wildman–Crippen MR) is 161 cm³/mol. The Hall–Kier alpha value is -3.15. The molecule has 2 aliphatic carbocycles. The Kier molecular flexibility index (Phi) is 9.93. The molecular formula is C30H43N5O5S. The van der Waals surface area contributed by atoms with E-state index >= 15 is 0 Å². The molecular weight excluding hydrogens is 542 g/mol. The molecule has 4 rings (SSSR count). The van der Waals surface area contributed by atoms with E-state index in [9.17, 15) is 18.3 Å². The minimum Gasteiger partial charge on any atom is -0.486 e. The van der Waals surface area contributed by atoms with Gasteiger partial charge in [-0.25, -0.2) is 8.42 Å². The van der Waals surface area contributed by atoms with Crippen molar-refractivity contribution in [3.05, 3.63) is 64.7 Å². The number of anilines is 1. The van der Waals surface area contributed by atoms with Crippen LogP contribution in [0, 0.1) is 17.7 Å². The Morgan fingerprint density at radius 3 is 2.61 bits per heavy atom. The number of benzene rings is 1. The van der Waals surface area contributed by atoms with Crippen LogP contribution in [0.3, 0.4) is 0 Å². The number of aryl methyl sites for hydroxylation is 1. The fourth-order valence-corrected chi connectivity index (χ4v) is 6.39.